The number of amides is 1. The monoisotopic (exact) mass is 395 g/mol. The van der Waals surface area contributed by atoms with Gasteiger partial charge in [0.1, 0.15) is 0 Å². The number of carbonyl (C=O) groups is 1. The van der Waals surface area contributed by atoms with Gasteiger partial charge in [0.25, 0.3) is 0 Å². The fourth-order valence-electron chi connectivity index (χ4n) is 2.82. The summed E-state index contributed by atoms with van der Waals surface area (Å²) < 4.78 is 25.4. The van der Waals surface area contributed by atoms with Crippen LogP contribution in [0, 0.1) is 0 Å². The number of benzene rings is 3. The molecule has 0 atom stereocenters. The molecule has 28 heavy (non-hydrogen) atoms. The highest BCUT2D eigenvalue weighted by molar-refractivity contribution is 8.07. The highest BCUT2D eigenvalue weighted by atomic mass is 32.2. The second-order valence-electron chi connectivity index (χ2n) is 6.19. The molecular weight excluding hydrogens is 374 g/mol. The molecule has 0 aliphatic carbocycles. The van der Waals surface area contributed by atoms with Crippen molar-refractivity contribution in [3.63, 3.8) is 0 Å². The van der Waals surface area contributed by atoms with Crippen LogP contribution in [0.4, 0.5) is 21.9 Å². The number of hydrogen-bond donors (Lipinski definition) is 2. The number of anilines is 3. The summed E-state index contributed by atoms with van der Waals surface area (Å²) in [6, 6.07) is 27.0. The lowest BCUT2D eigenvalue weighted by Gasteiger charge is -2.25. The van der Waals surface area contributed by atoms with Crippen molar-refractivity contribution < 1.29 is 13.2 Å². The summed E-state index contributed by atoms with van der Waals surface area (Å²) >= 11 is 0. The average Bonchev–Trinajstić information content (AvgIpc) is 2.70. The predicted octanol–water partition coefficient (Wildman–Crippen LogP) is 3.89. The van der Waals surface area contributed by atoms with E-state index in [0.717, 1.165) is 24.3 Å². The topological polar surface area (TPSA) is 92.5 Å². The predicted molar refractivity (Wildman–Crippen MR) is 112 cm³/mol. The van der Waals surface area contributed by atoms with E-state index in [-0.39, 0.29) is 5.69 Å². The molecule has 0 saturated heterocycles. The zero-order valence-electron chi connectivity index (χ0n) is 15.2. The molecule has 0 fully saturated rings. The Morgan fingerprint density at radius 1 is 0.821 bits per heavy atom. The van der Waals surface area contributed by atoms with Crippen molar-refractivity contribution >= 4 is 32.3 Å². The summed E-state index contributed by atoms with van der Waals surface area (Å²) in [5.74, 6) is 0. The van der Waals surface area contributed by atoms with E-state index in [9.17, 15) is 13.2 Å². The summed E-state index contributed by atoms with van der Waals surface area (Å²) in [6.45, 7) is 0.750. The van der Waals surface area contributed by atoms with Crippen molar-refractivity contribution in [1.82, 2.24) is 0 Å². The zero-order valence-corrected chi connectivity index (χ0v) is 16.0. The molecule has 6 nitrogen and oxygen atoms in total. The van der Waals surface area contributed by atoms with Crippen LogP contribution in [-0.4, -0.2) is 20.2 Å². The Morgan fingerprint density at radius 2 is 1.36 bits per heavy atom. The molecule has 0 aliphatic rings. The molecule has 0 heterocycles. The molecule has 0 aliphatic heterocycles. The van der Waals surface area contributed by atoms with Gasteiger partial charge in [-0.15, -0.1) is 0 Å². The number of primary amides is 1. The van der Waals surface area contributed by atoms with Crippen LogP contribution < -0.4 is 15.4 Å². The Morgan fingerprint density at radius 3 is 1.93 bits per heavy atom. The largest absolute Gasteiger partial charge is 0.355 e. The van der Waals surface area contributed by atoms with Gasteiger partial charge >= 0.3 is 15.3 Å². The summed E-state index contributed by atoms with van der Waals surface area (Å²) in [5, 5.41) is -1.41. The average molecular weight is 395 g/mol. The molecule has 1 amide bonds. The molecule has 3 rings (SSSR count). The van der Waals surface area contributed by atoms with Crippen LogP contribution in [0.2, 0.25) is 0 Å². The molecule has 0 bridgehead atoms. The summed E-state index contributed by atoms with van der Waals surface area (Å²) in [7, 11) is -4.21. The van der Waals surface area contributed by atoms with E-state index < -0.39 is 15.3 Å². The first kappa shape index (κ1) is 19.4. The van der Waals surface area contributed by atoms with Crippen LogP contribution >= 0.6 is 0 Å². The van der Waals surface area contributed by atoms with Gasteiger partial charge in [-0.3, -0.25) is 9.52 Å². The number of sulfonamides is 1. The van der Waals surface area contributed by atoms with E-state index in [2.05, 4.69) is 21.8 Å². The van der Waals surface area contributed by atoms with Gasteiger partial charge in [0.05, 0.1) is 0 Å². The smallest absolute Gasteiger partial charge is 0.354 e. The third-order valence-electron chi connectivity index (χ3n) is 4.23. The molecule has 0 radical (unpaired) electrons. The maximum Gasteiger partial charge on any atom is 0.354 e. The molecule has 0 saturated carbocycles. The van der Waals surface area contributed by atoms with E-state index in [0.29, 0.717) is 0 Å². The maximum absolute atomic E-state index is 11.6. The number of rotatable bonds is 7. The van der Waals surface area contributed by atoms with E-state index >= 15 is 0 Å². The standard InChI is InChI=1S/C21H21N3O3S/c22-21(25)28(26,27)23-18-11-13-20(14-12-18)24(19-9-5-2-6-10-19)16-15-17-7-3-1-4-8-17/h1-14,23H,15-16H2,(H2,22,25). The van der Waals surface area contributed by atoms with Crippen LogP contribution in [0.25, 0.3) is 0 Å². The van der Waals surface area contributed by atoms with Crippen molar-refractivity contribution in [1.29, 1.82) is 0 Å². The number of nitrogens with two attached hydrogens (primary N) is 1. The minimum atomic E-state index is -4.21. The lowest BCUT2D eigenvalue weighted by Crippen LogP contribution is -2.28. The fraction of sp³-hybridized carbons (Fsp3) is 0.0952. The Kier molecular flexibility index (Phi) is 5.96. The lowest BCUT2D eigenvalue weighted by molar-refractivity contribution is 0.265. The second kappa shape index (κ2) is 8.58. The van der Waals surface area contributed by atoms with E-state index in [1.54, 1.807) is 24.3 Å². The minimum absolute atomic E-state index is 0.277. The number of carbonyl (C=O) groups excluding carboxylic acids is 1. The van der Waals surface area contributed by atoms with Crippen LogP contribution in [0.5, 0.6) is 0 Å². The third kappa shape index (κ3) is 4.89. The molecule has 7 heteroatoms. The molecule has 0 aromatic heterocycles. The molecule has 3 aromatic carbocycles. The van der Waals surface area contributed by atoms with Crippen molar-refractivity contribution in [3.05, 3.63) is 90.5 Å². The molecule has 3 aromatic rings. The first-order valence-corrected chi connectivity index (χ1v) is 10.2. The van der Waals surface area contributed by atoms with E-state index in [4.69, 9.17) is 5.73 Å². The minimum Gasteiger partial charge on any atom is -0.355 e. The molecule has 3 N–H and O–H groups in total. The Labute approximate surface area is 164 Å². The van der Waals surface area contributed by atoms with Crippen LogP contribution in [0.15, 0.2) is 84.9 Å². The van der Waals surface area contributed by atoms with Gasteiger partial charge in [-0.05, 0) is 48.4 Å². The molecule has 144 valence electrons. The van der Waals surface area contributed by atoms with Gasteiger partial charge in [0.15, 0.2) is 0 Å². The fourth-order valence-corrected chi connectivity index (χ4v) is 3.36. The maximum atomic E-state index is 11.6. The number of hydrogen-bond acceptors (Lipinski definition) is 4. The van der Waals surface area contributed by atoms with Crippen molar-refractivity contribution in [2.45, 2.75) is 6.42 Å². The third-order valence-corrected chi connectivity index (χ3v) is 5.26. The highest BCUT2D eigenvalue weighted by Gasteiger charge is 2.18. The van der Waals surface area contributed by atoms with Crippen molar-refractivity contribution in [3.8, 4) is 0 Å². The number of nitrogens with zero attached hydrogens (tertiary/aromatic N) is 1. The lowest BCUT2D eigenvalue weighted by atomic mass is 10.1. The normalized spacial score (nSPS) is 11.0. The Hall–Kier alpha value is -3.32. The molecular formula is C21H21N3O3S. The number of para-hydroxylation sites is 1. The van der Waals surface area contributed by atoms with Gasteiger partial charge in [0, 0.05) is 23.6 Å². The van der Waals surface area contributed by atoms with Crippen LogP contribution in [0.3, 0.4) is 0 Å². The van der Waals surface area contributed by atoms with Gasteiger partial charge in [0.2, 0.25) is 0 Å². The van der Waals surface area contributed by atoms with Gasteiger partial charge in [-0.25, -0.2) is 0 Å². The van der Waals surface area contributed by atoms with Crippen molar-refractivity contribution in [2.75, 3.05) is 16.2 Å². The molecule has 0 unspecified atom stereocenters. The Bertz CT molecular complexity index is 1020. The number of nitrogens with one attached hydrogen (secondary N) is 1. The van der Waals surface area contributed by atoms with E-state index in [1.807, 2.05) is 48.5 Å². The quantitative estimate of drug-likeness (QED) is 0.635. The van der Waals surface area contributed by atoms with Crippen molar-refractivity contribution in [2.24, 2.45) is 5.73 Å². The highest BCUT2D eigenvalue weighted by Crippen LogP contribution is 2.27. The van der Waals surface area contributed by atoms with Crippen LogP contribution in [0.1, 0.15) is 5.56 Å². The summed E-state index contributed by atoms with van der Waals surface area (Å²) in [6.07, 6.45) is 0.853. The van der Waals surface area contributed by atoms with E-state index in [1.165, 1.54) is 5.56 Å². The summed E-state index contributed by atoms with van der Waals surface area (Å²) in [5.41, 5.74) is 8.31. The SMILES string of the molecule is NC(=O)S(=O)(=O)Nc1ccc(N(CCc2ccccc2)c2ccccc2)cc1. The first-order chi connectivity index (χ1) is 13.5. The molecule has 0 spiro atoms. The Balaban J connectivity index is 1.83. The second-order valence-corrected chi connectivity index (χ2v) is 7.81. The zero-order chi connectivity index (χ0) is 20.0. The van der Waals surface area contributed by atoms with Crippen LogP contribution in [-0.2, 0) is 16.4 Å². The van der Waals surface area contributed by atoms with Gasteiger partial charge in [-0.2, -0.15) is 8.42 Å². The summed E-state index contributed by atoms with van der Waals surface area (Å²) in [4.78, 5) is 13.1. The first-order valence-electron chi connectivity index (χ1n) is 8.74. The van der Waals surface area contributed by atoms with Gasteiger partial charge in [-0.1, -0.05) is 48.5 Å². The van der Waals surface area contributed by atoms with Gasteiger partial charge < -0.3 is 10.6 Å².